The minimum absolute atomic E-state index is 0.154. The molecule has 0 aliphatic carbocycles. The Morgan fingerprint density at radius 1 is 1.14 bits per heavy atom. The summed E-state index contributed by atoms with van der Waals surface area (Å²) in [6.07, 6.45) is -5.12. The predicted molar refractivity (Wildman–Crippen MR) is 72.8 cm³/mol. The molecular formula is C13H11F3N4O2. The molecule has 116 valence electrons. The lowest BCUT2D eigenvalue weighted by atomic mass is 10.2. The van der Waals surface area contributed by atoms with Crippen LogP contribution in [0.1, 0.15) is 5.56 Å². The number of hydrogen-bond donors (Lipinski definition) is 2. The number of amides is 1. The molecule has 2 rings (SSSR count). The first-order chi connectivity index (χ1) is 10.4. The summed E-state index contributed by atoms with van der Waals surface area (Å²) in [5, 5.41) is 12.4. The van der Waals surface area contributed by atoms with E-state index in [1.807, 2.05) is 0 Å². The number of rotatable bonds is 3. The Morgan fingerprint density at radius 3 is 2.41 bits per heavy atom. The highest BCUT2D eigenvalue weighted by atomic mass is 19.4. The Balaban J connectivity index is 2.09. The van der Waals surface area contributed by atoms with Crippen LogP contribution in [0.3, 0.4) is 0 Å². The largest absolute Gasteiger partial charge is 0.453 e. The molecule has 9 heteroatoms. The summed E-state index contributed by atoms with van der Waals surface area (Å²) in [6.45, 7) is 0. The Labute approximate surface area is 123 Å². The van der Waals surface area contributed by atoms with Gasteiger partial charge in [-0.05, 0) is 30.3 Å². The molecule has 2 aromatic rings. The number of methoxy groups -OCH3 is 1. The van der Waals surface area contributed by atoms with Gasteiger partial charge in [-0.1, -0.05) is 6.07 Å². The maximum atomic E-state index is 12.6. The molecule has 6 nitrogen and oxygen atoms in total. The molecule has 0 spiro atoms. The zero-order valence-corrected chi connectivity index (χ0v) is 11.3. The number of aromatic nitrogens is 2. The van der Waals surface area contributed by atoms with E-state index in [1.165, 1.54) is 31.4 Å². The quantitative estimate of drug-likeness (QED) is 0.908. The summed E-state index contributed by atoms with van der Waals surface area (Å²) in [5.74, 6) is 0.385. The summed E-state index contributed by atoms with van der Waals surface area (Å²) in [7, 11) is 1.20. The van der Waals surface area contributed by atoms with E-state index in [0.717, 1.165) is 12.1 Å². The molecule has 0 bridgehead atoms. The van der Waals surface area contributed by atoms with Gasteiger partial charge in [-0.15, -0.1) is 10.2 Å². The van der Waals surface area contributed by atoms with Gasteiger partial charge in [-0.3, -0.25) is 5.32 Å². The Hall–Kier alpha value is -2.84. The molecule has 0 unspecified atom stereocenters. The number of anilines is 3. The van der Waals surface area contributed by atoms with Gasteiger partial charge in [0.15, 0.2) is 11.6 Å². The van der Waals surface area contributed by atoms with E-state index in [9.17, 15) is 18.0 Å². The molecule has 22 heavy (non-hydrogen) atoms. The van der Waals surface area contributed by atoms with Crippen molar-refractivity contribution in [2.75, 3.05) is 17.7 Å². The van der Waals surface area contributed by atoms with Crippen molar-refractivity contribution in [3.05, 3.63) is 42.0 Å². The van der Waals surface area contributed by atoms with E-state index in [1.54, 1.807) is 0 Å². The van der Waals surface area contributed by atoms with E-state index in [2.05, 4.69) is 25.6 Å². The first kappa shape index (κ1) is 15.5. The molecule has 1 aromatic carbocycles. The van der Waals surface area contributed by atoms with Crippen molar-refractivity contribution in [2.45, 2.75) is 6.18 Å². The zero-order chi connectivity index (χ0) is 16.2. The van der Waals surface area contributed by atoms with Gasteiger partial charge in [-0.25, -0.2) is 4.79 Å². The van der Waals surface area contributed by atoms with E-state index in [4.69, 9.17) is 0 Å². The first-order valence-corrected chi connectivity index (χ1v) is 6.01. The van der Waals surface area contributed by atoms with Crippen molar-refractivity contribution < 1.29 is 22.7 Å². The van der Waals surface area contributed by atoms with Crippen LogP contribution in [0.15, 0.2) is 36.4 Å². The lowest BCUT2D eigenvalue weighted by Gasteiger charge is -2.10. The van der Waals surface area contributed by atoms with Crippen LogP contribution in [0.25, 0.3) is 0 Å². The van der Waals surface area contributed by atoms with Gasteiger partial charge in [0.05, 0.1) is 12.7 Å². The number of carbonyl (C=O) groups is 1. The van der Waals surface area contributed by atoms with Gasteiger partial charge in [0.2, 0.25) is 0 Å². The summed E-state index contributed by atoms with van der Waals surface area (Å²) in [6, 6.07) is 7.57. The average Bonchev–Trinajstić information content (AvgIpc) is 2.48. The third-order valence-electron chi connectivity index (χ3n) is 2.54. The zero-order valence-electron chi connectivity index (χ0n) is 11.3. The standard InChI is InChI=1S/C13H11F3N4O2/c1-22-12(21)18-11-6-5-10(19-20-11)17-9-4-2-3-8(7-9)13(14,15)16/h2-7H,1H3,(H,17,19)(H,18,20,21). The van der Waals surface area contributed by atoms with Crippen LogP contribution in [-0.2, 0) is 10.9 Å². The van der Waals surface area contributed by atoms with Gasteiger partial charge < -0.3 is 10.1 Å². The minimum atomic E-state index is -4.42. The second kappa shape index (κ2) is 6.29. The van der Waals surface area contributed by atoms with Crippen molar-refractivity contribution in [1.29, 1.82) is 0 Å². The first-order valence-electron chi connectivity index (χ1n) is 6.01. The third kappa shape index (κ3) is 4.08. The number of ether oxygens (including phenoxy) is 1. The van der Waals surface area contributed by atoms with Crippen molar-refractivity contribution in [3.8, 4) is 0 Å². The smallest absolute Gasteiger partial charge is 0.416 e. The van der Waals surface area contributed by atoms with E-state index >= 15 is 0 Å². The highest BCUT2D eigenvalue weighted by molar-refractivity contribution is 5.83. The fourth-order valence-electron chi connectivity index (χ4n) is 1.54. The molecule has 0 fully saturated rings. The van der Waals surface area contributed by atoms with Crippen LogP contribution in [0.5, 0.6) is 0 Å². The third-order valence-corrected chi connectivity index (χ3v) is 2.54. The molecule has 2 N–H and O–H groups in total. The molecule has 1 amide bonds. The fourth-order valence-corrected chi connectivity index (χ4v) is 1.54. The van der Waals surface area contributed by atoms with Crippen LogP contribution < -0.4 is 10.6 Å². The van der Waals surface area contributed by atoms with E-state index in [-0.39, 0.29) is 17.3 Å². The molecule has 0 aliphatic rings. The summed E-state index contributed by atoms with van der Waals surface area (Å²) in [5.41, 5.74) is -0.549. The summed E-state index contributed by atoms with van der Waals surface area (Å²) < 4.78 is 42.2. The Morgan fingerprint density at radius 2 is 1.82 bits per heavy atom. The van der Waals surface area contributed by atoms with Crippen molar-refractivity contribution in [1.82, 2.24) is 10.2 Å². The molecule has 0 saturated carbocycles. The summed E-state index contributed by atoms with van der Waals surface area (Å²) >= 11 is 0. The lowest BCUT2D eigenvalue weighted by Crippen LogP contribution is -2.12. The maximum absolute atomic E-state index is 12.6. The number of hydrogen-bond acceptors (Lipinski definition) is 5. The summed E-state index contributed by atoms with van der Waals surface area (Å²) in [4.78, 5) is 11.0. The van der Waals surface area contributed by atoms with Crippen molar-refractivity contribution in [3.63, 3.8) is 0 Å². The van der Waals surface area contributed by atoms with Gasteiger partial charge in [-0.2, -0.15) is 13.2 Å². The molecular weight excluding hydrogens is 301 g/mol. The molecule has 1 heterocycles. The molecule has 0 atom stereocenters. The highest BCUT2D eigenvalue weighted by Crippen LogP contribution is 2.31. The highest BCUT2D eigenvalue weighted by Gasteiger charge is 2.30. The number of nitrogens with zero attached hydrogens (tertiary/aromatic N) is 2. The maximum Gasteiger partial charge on any atom is 0.416 e. The van der Waals surface area contributed by atoms with Gasteiger partial charge in [0.25, 0.3) is 0 Å². The molecule has 1 aromatic heterocycles. The molecule has 0 radical (unpaired) electrons. The fraction of sp³-hybridized carbons (Fsp3) is 0.154. The van der Waals surface area contributed by atoms with Crippen LogP contribution in [0.4, 0.5) is 35.3 Å². The number of carbonyl (C=O) groups excluding carboxylic acids is 1. The van der Waals surface area contributed by atoms with Crippen LogP contribution in [-0.4, -0.2) is 23.4 Å². The SMILES string of the molecule is COC(=O)Nc1ccc(Nc2cccc(C(F)(F)F)c2)nn1. The monoisotopic (exact) mass is 312 g/mol. The van der Waals surface area contributed by atoms with Crippen LogP contribution in [0.2, 0.25) is 0 Å². The minimum Gasteiger partial charge on any atom is -0.453 e. The van der Waals surface area contributed by atoms with Gasteiger partial charge in [0.1, 0.15) is 0 Å². The van der Waals surface area contributed by atoms with Gasteiger partial charge in [0, 0.05) is 5.69 Å². The Bertz CT molecular complexity index is 659. The number of benzene rings is 1. The number of alkyl halides is 3. The van der Waals surface area contributed by atoms with Crippen molar-refractivity contribution in [2.24, 2.45) is 0 Å². The van der Waals surface area contributed by atoms with E-state index < -0.39 is 17.8 Å². The molecule has 0 saturated heterocycles. The Kier molecular flexibility index (Phi) is 4.44. The lowest BCUT2D eigenvalue weighted by molar-refractivity contribution is -0.137. The molecule has 0 aliphatic heterocycles. The topological polar surface area (TPSA) is 76.1 Å². The predicted octanol–water partition coefficient (Wildman–Crippen LogP) is 3.42. The average molecular weight is 312 g/mol. The normalized spacial score (nSPS) is 10.9. The van der Waals surface area contributed by atoms with Gasteiger partial charge >= 0.3 is 12.3 Å². The van der Waals surface area contributed by atoms with Crippen LogP contribution in [0, 0.1) is 0 Å². The number of halogens is 3. The number of nitrogens with one attached hydrogen (secondary N) is 2. The second-order valence-corrected chi connectivity index (χ2v) is 4.12. The van der Waals surface area contributed by atoms with E-state index in [0.29, 0.717) is 0 Å². The van der Waals surface area contributed by atoms with Crippen molar-refractivity contribution >= 4 is 23.4 Å². The second-order valence-electron chi connectivity index (χ2n) is 4.12. The van der Waals surface area contributed by atoms with Crippen LogP contribution >= 0.6 is 0 Å².